The number of nitrogens with zero attached hydrogens (tertiary/aromatic N) is 2. The number of aromatic nitrogens is 1. The maximum atomic E-state index is 5.70. The van der Waals surface area contributed by atoms with Crippen LogP contribution in [-0.2, 0) is 0 Å². The van der Waals surface area contributed by atoms with Crippen molar-refractivity contribution in [2.45, 2.75) is 51.2 Å². The molecule has 0 aliphatic carbocycles. The molecular weight excluding hydrogens is 248 g/mol. The van der Waals surface area contributed by atoms with Gasteiger partial charge in [0, 0.05) is 11.7 Å². The SMILES string of the molecule is CC(C)Oc1cncc(C=CC23CCCN2CCC3)c1. The quantitative estimate of drug-likeness (QED) is 0.838. The van der Waals surface area contributed by atoms with Gasteiger partial charge in [0.2, 0.25) is 0 Å². The zero-order chi connectivity index (χ0) is 14.0. The molecule has 1 aromatic heterocycles. The van der Waals surface area contributed by atoms with E-state index < -0.39 is 0 Å². The van der Waals surface area contributed by atoms with Gasteiger partial charge in [0.15, 0.2) is 0 Å². The van der Waals surface area contributed by atoms with Crippen LogP contribution in [0.5, 0.6) is 5.75 Å². The Morgan fingerprint density at radius 1 is 1.25 bits per heavy atom. The largest absolute Gasteiger partial charge is 0.489 e. The molecule has 3 nitrogen and oxygen atoms in total. The van der Waals surface area contributed by atoms with Crippen molar-refractivity contribution in [3.8, 4) is 5.75 Å². The normalized spacial score (nSPS) is 21.8. The summed E-state index contributed by atoms with van der Waals surface area (Å²) in [5, 5.41) is 0. The number of hydrogen-bond acceptors (Lipinski definition) is 3. The summed E-state index contributed by atoms with van der Waals surface area (Å²) in [6.45, 7) is 6.60. The molecule has 0 radical (unpaired) electrons. The van der Waals surface area contributed by atoms with Crippen LogP contribution >= 0.6 is 0 Å². The zero-order valence-corrected chi connectivity index (χ0v) is 12.5. The third kappa shape index (κ3) is 2.73. The Balaban J connectivity index is 1.75. The summed E-state index contributed by atoms with van der Waals surface area (Å²) < 4.78 is 5.70. The van der Waals surface area contributed by atoms with Crippen LogP contribution in [0.4, 0.5) is 0 Å². The van der Waals surface area contributed by atoms with Gasteiger partial charge in [-0.3, -0.25) is 9.88 Å². The summed E-state index contributed by atoms with van der Waals surface area (Å²) in [6.07, 6.45) is 13.8. The Labute approximate surface area is 121 Å². The maximum absolute atomic E-state index is 5.70. The van der Waals surface area contributed by atoms with E-state index in [0.717, 1.165) is 11.3 Å². The van der Waals surface area contributed by atoms with Gasteiger partial charge in [0.25, 0.3) is 0 Å². The Morgan fingerprint density at radius 3 is 2.70 bits per heavy atom. The molecule has 0 amide bonds. The Morgan fingerprint density at radius 2 is 2.00 bits per heavy atom. The summed E-state index contributed by atoms with van der Waals surface area (Å²) in [4.78, 5) is 6.92. The molecule has 0 spiro atoms. The molecule has 1 aromatic rings. The van der Waals surface area contributed by atoms with Crippen molar-refractivity contribution in [3.05, 3.63) is 30.1 Å². The monoisotopic (exact) mass is 272 g/mol. The van der Waals surface area contributed by atoms with Crippen LogP contribution in [0.2, 0.25) is 0 Å². The lowest BCUT2D eigenvalue weighted by Gasteiger charge is -2.28. The molecule has 3 heteroatoms. The van der Waals surface area contributed by atoms with Crippen LogP contribution in [0, 0.1) is 0 Å². The lowest BCUT2D eigenvalue weighted by Crippen LogP contribution is -2.35. The van der Waals surface area contributed by atoms with Gasteiger partial charge < -0.3 is 4.74 Å². The lowest BCUT2D eigenvalue weighted by molar-refractivity contribution is 0.241. The van der Waals surface area contributed by atoms with Crippen LogP contribution in [0.25, 0.3) is 6.08 Å². The van der Waals surface area contributed by atoms with E-state index in [1.807, 2.05) is 20.0 Å². The van der Waals surface area contributed by atoms with Gasteiger partial charge in [-0.05, 0) is 64.3 Å². The first-order chi connectivity index (χ1) is 9.68. The summed E-state index contributed by atoms with van der Waals surface area (Å²) in [7, 11) is 0. The highest BCUT2D eigenvalue weighted by Gasteiger charge is 2.41. The Hall–Kier alpha value is -1.35. The van der Waals surface area contributed by atoms with E-state index in [4.69, 9.17) is 4.74 Å². The van der Waals surface area contributed by atoms with Crippen molar-refractivity contribution in [3.63, 3.8) is 0 Å². The molecule has 0 bridgehead atoms. The minimum absolute atomic E-state index is 0.190. The molecule has 3 rings (SSSR count). The van der Waals surface area contributed by atoms with E-state index in [-0.39, 0.29) is 6.10 Å². The molecule has 0 saturated carbocycles. The molecule has 0 N–H and O–H groups in total. The minimum atomic E-state index is 0.190. The Bertz CT molecular complexity index is 486. The second-order valence-electron chi connectivity index (χ2n) is 6.25. The average Bonchev–Trinajstić information content (AvgIpc) is 2.95. The first kappa shape index (κ1) is 13.6. The minimum Gasteiger partial charge on any atom is -0.489 e. The molecule has 0 aromatic carbocycles. The molecule has 20 heavy (non-hydrogen) atoms. The number of pyridine rings is 1. The third-order valence-corrected chi connectivity index (χ3v) is 4.40. The van der Waals surface area contributed by atoms with Gasteiger partial charge in [-0.1, -0.05) is 12.2 Å². The number of fused-ring (bicyclic) bond motifs is 1. The molecule has 0 atom stereocenters. The number of rotatable bonds is 4. The molecule has 2 saturated heterocycles. The van der Waals surface area contributed by atoms with Crippen LogP contribution in [0.3, 0.4) is 0 Å². The van der Waals surface area contributed by atoms with Crippen LogP contribution in [0.1, 0.15) is 45.1 Å². The zero-order valence-electron chi connectivity index (χ0n) is 12.5. The number of ether oxygens (including phenoxy) is 1. The van der Waals surface area contributed by atoms with Gasteiger partial charge in [-0.25, -0.2) is 0 Å². The Kier molecular flexibility index (Phi) is 3.79. The molecule has 0 unspecified atom stereocenters. The molecule has 2 aliphatic heterocycles. The van der Waals surface area contributed by atoms with Crippen LogP contribution in [-0.4, -0.2) is 34.6 Å². The fourth-order valence-corrected chi connectivity index (χ4v) is 3.54. The van der Waals surface area contributed by atoms with Crippen molar-refractivity contribution in [1.29, 1.82) is 0 Å². The van der Waals surface area contributed by atoms with Gasteiger partial charge in [-0.15, -0.1) is 0 Å². The van der Waals surface area contributed by atoms with Gasteiger partial charge in [0.1, 0.15) is 5.75 Å². The highest BCUT2D eigenvalue weighted by molar-refractivity contribution is 5.52. The third-order valence-electron chi connectivity index (χ3n) is 4.40. The molecule has 2 fully saturated rings. The summed E-state index contributed by atoms with van der Waals surface area (Å²) in [6, 6.07) is 2.08. The van der Waals surface area contributed by atoms with E-state index in [0.29, 0.717) is 5.54 Å². The summed E-state index contributed by atoms with van der Waals surface area (Å²) in [5.41, 5.74) is 1.46. The molecule has 3 heterocycles. The molecular formula is C17H24N2O. The predicted octanol–water partition coefficient (Wildman–Crippen LogP) is 3.51. The fraction of sp³-hybridized carbons (Fsp3) is 0.588. The van der Waals surface area contributed by atoms with E-state index in [2.05, 4.69) is 28.1 Å². The highest BCUT2D eigenvalue weighted by Crippen LogP contribution is 2.40. The van der Waals surface area contributed by atoms with Crippen molar-refractivity contribution >= 4 is 6.08 Å². The lowest BCUT2D eigenvalue weighted by atomic mass is 9.93. The highest BCUT2D eigenvalue weighted by atomic mass is 16.5. The van der Waals surface area contributed by atoms with Gasteiger partial charge in [-0.2, -0.15) is 0 Å². The average molecular weight is 272 g/mol. The van der Waals surface area contributed by atoms with E-state index >= 15 is 0 Å². The smallest absolute Gasteiger partial charge is 0.138 e. The fourth-order valence-electron chi connectivity index (χ4n) is 3.54. The van der Waals surface area contributed by atoms with E-state index in [9.17, 15) is 0 Å². The van der Waals surface area contributed by atoms with E-state index in [1.165, 1.54) is 38.8 Å². The standard InChI is InChI=1S/C17H24N2O/c1-14(2)20-16-11-15(12-18-13-16)5-8-17-6-3-9-19(17)10-4-7-17/h5,8,11-14H,3-4,6-7,9-10H2,1-2H3. The summed E-state index contributed by atoms with van der Waals surface area (Å²) >= 11 is 0. The van der Waals surface area contributed by atoms with Gasteiger partial charge in [0.05, 0.1) is 12.3 Å². The van der Waals surface area contributed by atoms with Crippen LogP contribution in [0.15, 0.2) is 24.5 Å². The number of hydrogen-bond donors (Lipinski definition) is 0. The van der Waals surface area contributed by atoms with Crippen molar-refractivity contribution in [2.75, 3.05) is 13.1 Å². The van der Waals surface area contributed by atoms with Gasteiger partial charge >= 0.3 is 0 Å². The first-order valence-corrected chi connectivity index (χ1v) is 7.74. The maximum Gasteiger partial charge on any atom is 0.138 e. The topological polar surface area (TPSA) is 25.4 Å². The molecule has 2 aliphatic rings. The van der Waals surface area contributed by atoms with Crippen molar-refractivity contribution in [2.24, 2.45) is 0 Å². The van der Waals surface area contributed by atoms with E-state index in [1.54, 1.807) is 6.20 Å². The predicted molar refractivity (Wildman–Crippen MR) is 81.8 cm³/mol. The van der Waals surface area contributed by atoms with Crippen LogP contribution < -0.4 is 4.74 Å². The summed E-state index contributed by atoms with van der Waals surface area (Å²) in [5.74, 6) is 0.856. The van der Waals surface area contributed by atoms with Crippen molar-refractivity contribution in [1.82, 2.24) is 9.88 Å². The molecule has 108 valence electrons. The second-order valence-corrected chi connectivity index (χ2v) is 6.25. The second kappa shape index (κ2) is 5.57. The van der Waals surface area contributed by atoms with Crippen molar-refractivity contribution < 1.29 is 4.74 Å². The first-order valence-electron chi connectivity index (χ1n) is 7.74.